The Kier molecular flexibility index (Phi) is 5.96. The van der Waals surface area contributed by atoms with Crippen LogP contribution in [0.2, 0.25) is 0 Å². The summed E-state index contributed by atoms with van der Waals surface area (Å²) >= 11 is 0. The monoisotopic (exact) mass is 370 g/mol. The summed E-state index contributed by atoms with van der Waals surface area (Å²) in [7, 11) is 0. The van der Waals surface area contributed by atoms with Gasteiger partial charge in [0.25, 0.3) is 5.91 Å². The van der Waals surface area contributed by atoms with Crippen molar-refractivity contribution >= 4 is 5.91 Å². The molecule has 4 rings (SSSR count). The maximum Gasteiger partial charge on any atom is 0.274 e. The summed E-state index contributed by atoms with van der Waals surface area (Å²) in [6.45, 7) is 7.45. The minimum Gasteiger partial charge on any atom is -0.337 e. The van der Waals surface area contributed by atoms with Crippen LogP contribution in [0.25, 0.3) is 0 Å². The Balaban J connectivity index is 1.47. The van der Waals surface area contributed by atoms with Gasteiger partial charge in [-0.05, 0) is 57.4 Å². The number of hydrogen-bond acceptors (Lipinski definition) is 3. The van der Waals surface area contributed by atoms with Crippen LogP contribution in [0.1, 0.15) is 73.1 Å². The van der Waals surface area contributed by atoms with Crippen LogP contribution in [0.5, 0.6) is 0 Å². The summed E-state index contributed by atoms with van der Waals surface area (Å²) in [5, 5.41) is 8.56. The highest BCUT2D eigenvalue weighted by Crippen LogP contribution is 2.28. The predicted molar refractivity (Wildman–Crippen MR) is 108 cm³/mol. The normalized spacial score (nSPS) is 23.4. The molecule has 1 aromatic heterocycles. The van der Waals surface area contributed by atoms with E-state index in [1.54, 1.807) is 0 Å². The zero-order chi connectivity index (χ0) is 18.6. The highest BCUT2D eigenvalue weighted by Gasteiger charge is 2.31. The van der Waals surface area contributed by atoms with Gasteiger partial charge < -0.3 is 10.2 Å². The quantitative estimate of drug-likeness (QED) is 0.782. The van der Waals surface area contributed by atoms with Crippen molar-refractivity contribution in [1.82, 2.24) is 20.0 Å². The predicted octanol–water partition coefficient (Wildman–Crippen LogP) is 3.33. The lowest BCUT2D eigenvalue weighted by molar-refractivity contribution is 0.0785. The molecule has 1 aromatic rings. The molecule has 2 heterocycles. The molecule has 0 unspecified atom stereocenters. The molecule has 148 valence electrons. The summed E-state index contributed by atoms with van der Waals surface area (Å²) in [5.74, 6) is 0.980. The van der Waals surface area contributed by atoms with Crippen molar-refractivity contribution in [2.75, 3.05) is 19.6 Å². The SMILES string of the molecule is C=CCn1nc(C(=O)N2CCCC2)c2c1CC[C@H](NCC1CCCCC1)C2. The number of hydrogen-bond donors (Lipinski definition) is 1. The van der Waals surface area contributed by atoms with Crippen molar-refractivity contribution in [3.63, 3.8) is 0 Å². The van der Waals surface area contributed by atoms with Gasteiger partial charge in [0.15, 0.2) is 5.69 Å². The lowest BCUT2D eigenvalue weighted by Gasteiger charge is -2.28. The second kappa shape index (κ2) is 8.59. The molecule has 0 aromatic carbocycles. The molecule has 5 nitrogen and oxygen atoms in total. The Morgan fingerprint density at radius 1 is 1.15 bits per heavy atom. The minimum atomic E-state index is 0.138. The van der Waals surface area contributed by atoms with Crippen LogP contribution in [-0.2, 0) is 19.4 Å². The van der Waals surface area contributed by atoms with E-state index in [1.165, 1.54) is 43.4 Å². The molecule has 1 N–H and O–H groups in total. The van der Waals surface area contributed by atoms with Gasteiger partial charge in [0.1, 0.15) is 0 Å². The van der Waals surface area contributed by atoms with Gasteiger partial charge in [-0.25, -0.2) is 0 Å². The van der Waals surface area contributed by atoms with Crippen molar-refractivity contribution in [1.29, 1.82) is 0 Å². The van der Waals surface area contributed by atoms with Crippen LogP contribution >= 0.6 is 0 Å². The van der Waals surface area contributed by atoms with Crippen LogP contribution in [0, 0.1) is 5.92 Å². The number of allylic oxidation sites excluding steroid dienone is 1. The molecule has 5 heteroatoms. The molecule has 1 aliphatic heterocycles. The van der Waals surface area contributed by atoms with E-state index in [0.717, 1.165) is 57.7 Å². The average Bonchev–Trinajstić information content (AvgIpc) is 3.36. The van der Waals surface area contributed by atoms with Gasteiger partial charge in [-0.1, -0.05) is 25.3 Å². The summed E-state index contributed by atoms with van der Waals surface area (Å²) in [4.78, 5) is 15.0. The number of likely N-dealkylation sites (tertiary alicyclic amines) is 1. The van der Waals surface area contributed by atoms with E-state index >= 15 is 0 Å². The van der Waals surface area contributed by atoms with Gasteiger partial charge in [-0.3, -0.25) is 9.48 Å². The summed E-state index contributed by atoms with van der Waals surface area (Å²) < 4.78 is 2.02. The number of nitrogens with zero attached hydrogens (tertiary/aromatic N) is 3. The van der Waals surface area contributed by atoms with E-state index in [1.807, 2.05) is 15.7 Å². The second-order valence-electron chi connectivity index (χ2n) is 8.60. The Labute approximate surface area is 163 Å². The molecule has 2 aliphatic carbocycles. The van der Waals surface area contributed by atoms with Gasteiger partial charge in [-0.2, -0.15) is 5.10 Å². The smallest absolute Gasteiger partial charge is 0.274 e. The highest BCUT2D eigenvalue weighted by molar-refractivity contribution is 5.94. The first-order valence-electron chi connectivity index (χ1n) is 11.0. The molecule has 0 bridgehead atoms. The number of amides is 1. The second-order valence-corrected chi connectivity index (χ2v) is 8.60. The third kappa shape index (κ3) is 4.13. The highest BCUT2D eigenvalue weighted by atomic mass is 16.2. The zero-order valence-corrected chi connectivity index (χ0v) is 16.6. The lowest BCUT2D eigenvalue weighted by Crippen LogP contribution is -2.39. The van der Waals surface area contributed by atoms with Gasteiger partial charge in [0.05, 0.1) is 6.54 Å². The van der Waals surface area contributed by atoms with E-state index in [-0.39, 0.29) is 5.91 Å². The molecule has 0 radical (unpaired) electrons. The van der Waals surface area contributed by atoms with Crippen LogP contribution in [0.4, 0.5) is 0 Å². The topological polar surface area (TPSA) is 50.2 Å². The van der Waals surface area contributed by atoms with Crippen molar-refractivity contribution in [3.05, 3.63) is 29.6 Å². The molecule has 2 fully saturated rings. The van der Waals surface area contributed by atoms with E-state index in [4.69, 9.17) is 5.10 Å². The van der Waals surface area contributed by atoms with Crippen LogP contribution < -0.4 is 5.32 Å². The number of carbonyl (C=O) groups excluding carboxylic acids is 1. The number of nitrogens with one attached hydrogen (secondary N) is 1. The fraction of sp³-hybridized carbons (Fsp3) is 0.727. The lowest BCUT2D eigenvalue weighted by atomic mass is 9.87. The van der Waals surface area contributed by atoms with Gasteiger partial charge in [0, 0.05) is 30.4 Å². The standard InChI is InChI=1S/C22H34N4O/c1-2-12-26-20-11-10-18(23-16-17-8-4-3-5-9-17)15-19(20)21(24-26)22(27)25-13-6-7-14-25/h2,17-18,23H,1,3-16H2/t18-/m0/s1. The third-order valence-electron chi connectivity index (χ3n) is 6.66. The summed E-state index contributed by atoms with van der Waals surface area (Å²) in [6, 6.07) is 0.478. The number of carbonyl (C=O) groups is 1. The van der Waals surface area contributed by atoms with Crippen LogP contribution in [-0.4, -0.2) is 46.3 Å². The first-order chi connectivity index (χ1) is 13.3. The first kappa shape index (κ1) is 18.7. The van der Waals surface area contributed by atoms with Crippen LogP contribution in [0.3, 0.4) is 0 Å². The van der Waals surface area contributed by atoms with Gasteiger partial charge >= 0.3 is 0 Å². The largest absolute Gasteiger partial charge is 0.337 e. The van der Waals surface area contributed by atoms with Crippen molar-refractivity contribution in [2.45, 2.75) is 76.8 Å². The average molecular weight is 371 g/mol. The van der Waals surface area contributed by atoms with Gasteiger partial charge in [-0.15, -0.1) is 6.58 Å². The van der Waals surface area contributed by atoms with E-state index < -0.39 is 0 Å². The minimum absolute atomic E-state index is 0.138. The van der Waals surface area contributed by atoms with E-state index in [2.05, 4.69) is 11.9 Å². The molecule has 0 spiro atoms. The molecule has 1 atom stereocenters. The van der Waals surface area contributed by atoms with Gasteiger partial charge in [0.2, 0.25) is 0 Å². The molecular weight excluding hydrogens is 336 g/mol. The summed E-state index contributed by atoms with van der Waals surface area (Å²) in [6.07, 6.45) is 14.1. The van der Waals surface area contributed by atoms with Crippen molar-refractivity contribution in [2.24, 2.45) is 5.92 Å². The number of fused-ring (bicyclic) bond motifs is 1. The zero-order valence-electron chi connectivity index (χ0n) is 16.6. The van der Waals surface area contributed by atoms with Crippen molar-refractivity contribution < 1.29 is 4.79 Å². The maximum absolute atomic E-state index is 13.1. The Morgan fingerprint density at radius 2 is 1.93 bits per heavy atom. The molecular formula is C22H34N4O. The first-order valence-corrected chi connectivity index (χ1v) is 11.0. The van der Waals surface area contributed by atoms with Crippen molar-refractivity contribution in [3.8, 4) is 0 Å². The Bertz CT molecular complexity index is 668. The molecule has 1 saturated heterocycles. The molecule has 27 heavy (non-hydrogen) atoms. The van der Waals surface area contributed by atoms with E-state index in [9.17, 15) is 4.79 Å². The van der Waals surface area contributed by atoms with E-state index in [0.29, 0.717) is 18.3 Å². The third-order valence-corrected chi connectivity index (χ3v) is 6.66. The molecule has 1 saturated carbocycles. The van der Waals surface area contributed by atoms with Crippen LogP contribution in [0.15, 0.2) is 12.7 Å². The summed E-state index contributed by atoms with van der Waals surface area (Å²) in [5.41, 5.74) is 3.16. The molecule has 3 aliphatic rings. The number of rotatable bonds is 6. The maximum atomic E-state index is 13.1. The Morgan fingerprint density at radius 3 is 2.67 bits per heavy atom. The Hall–Kier alpha value is -1.62. The molecule has 1 amide bonds. The fourth-order valence-electron chi connectivity index (χ4n) is 5.10. The number of aromatic nitrogens is 2. The fourth-order valence-corrected chi connectivity index (χ4v) is 5.10.